The van der Waals surface area contributed by atoms with Crippen molar-refractivity contribution in [1.29, 1.82) is 0 Å². The number of fused-ring (bicyclic) bond motifs is 1. The lowest BCUT2D eigenvalue weighted by atomic mass is 10.3. The SMILES string of the molecule is C#CC[n+]1c(C)oc2ccc(Cl)cc21. The number of benzene rings is 1. The molecule has 1 aromatic carbocycles. The maximum Gasteiger partial charge on any atom is 0.345 e. The highest BCUT2D eigenvalue weighted by molar-refractivity contribution is 6.31. The Morgan fingerprint density at radius 3 is 3.07 bits per heavy atom. The number of aromatic nitrogens is 1. The zero-order valence-electron chi connectivity index (χ0n) is 7.75. The number of aryl methyl sites for hydroxylation is 1. The van der Waals surface area contributed by atoms with Gasteiger partial charge < -0.3 is 4.42 Å². The fourth-order valence-corrected chi connectivity index (χ4v) is 1.63. The molecule has 14 heavy (non-hydrogen) atoms. The van der Waals surface area contributed by atoms with Gasteiger partial charge in [0.2, 0.25) is 12.1 Å². The van der Waals surface area contributed by atoms with E-state index in [1.807, 2.05) is 23.6 Å². The number of rotatable bonds is 1. The van der Waals surface area contributed by atoms with Crippen molar-refractivity contribution in [3.63, 3.8) is 0 Å². The first-order valence-corrected chi connectivity index (χ1v) is 4.62. The molecule has 70 valence electrons. The molecule has 2 aromatic rings. The molecule has 0 saturated carbocycles. The van der Waals surface area contributed by atoms with E-state index in [0.717, 1.165) is 17.0 Å². The van der Waals surface area contributed by atoms with Crippen LogP contribution < -0.4 is 4.57 Å². The molecule has 0 fully saturated rings. The van der Waals surface area contributed by atoms with E-state index in [-0.39, 0.29) is 0 Å². The second-order valence-electron chi connectivity index (χ2n) is 3.02. The van der Waals surface area contributed by atoms with Gasteiger partial charge in [-0.05, 0) is 18.1 Å². The minimum atomic E-state index is 0.499. The standard InChI is InChI=1S/C11H9ClNO/c1-3-6-13-8(2)14-11-5-4-9(12)7-10(11)13/h1,4-5,7H,6H2,2H3/q+1. The van der Waals surface area contributed by atoms with Gasteiger partial charge in [-0.1, -0.05) is 11.6 Å². The number of halogens is 1. The molecule has 1 aromatic heterocycles. The molecule has 0 aliphatic rings. The maximum atomic E-state index is 5.89. The summed E-state index contributed by atoms with van der Waals surface area (Å²) in [5.74, 6) is 3.37. The van der Waals surface area contributed by atoms with Crippen molar-refractivity contribution in [3.05, 3.63) is 29.1 Å². The Balaban J connectivity index is 2.74. The second-order valence-corrected chi connectivity index (χ2v) is 3.46. The number of terminal acetylenes is 1. The van der Waals surface area contributed by atoms with Crippen LogP contribution in [0.2, 0.25) is 5.02 Å². The number of oxazole rings is 1. The third kappa shape index (κ3) is 1.36. The fraction of sp³-hybridized carbons (Fsp3) is 0.182. The Bertz CT molecular complexity index is 522. The van der Waals surface area contributed by atoms with Crippen LogP contribution in [0.1, 0.15) is 5.89 Å². The van der Waals surface area contributed by atoms with E-state index in [4.69, 9.17) is 22.4 Å². The Kier molecular flexibility index (Phi) is 2.18. The van der Waals surface area contributed by atoms with Crippen LogP contribution in [0.25, 0.3) is 11.1 Å². The zero-order chi connectivity index (χ0) is 10.1. The molecule has 0 amide bonds. The van der Waals surface area contributed by atoms with Crippen LogP contribution in [0.4, 0.5) is 0 Å². The highest BCUT2D eigenvalue weighted by atomic mass is 35.5. The normalized spacial score (nSPS) is 10.4. The number of hydrogen-bond donors (Lipinski definition) is 0. The van der Waals surface area contributed by atoms with Crippen molar-refractivity contribution in [3.8, 4) is 12.3 Å². The van der Waals surface area contributed by atoms with Crippen molar-refractivity contribution in [2.45, 2.75) is 13.5 Å². The zero-order valence-corrected chi connectivity index (χ0v) is 8.51. The lowest BCUT2D eigenvalue weighted by molar-refractivity contribution is -0.670. The number of nitrogens with zero attached hydrogens (tertiary/aromatic N) is 1. The van der Waals surface area contributed by atoms with Crippen molar-refractivity contribution < 1.29 is 8.98 Å². The summed E-state index contributed by atoms with van der Waals surface area (Å²) in [5.41, 5.74) is 1.75. The minimum Gasteiger partial charge on any atom is -0.402 e. The number of hydrogen-bond acceptors (Lipinski definition) is 1. The van der Waals surface area contributed by atoms with Crippen LogP contribution in [0.15, 0.2) is 22.6 Å². The van der Waals surface area contributed by atoms with Crippen molar-refractivity contribution in [1.82, 2.24) is 0 Å². The summed E-state index contributed by atoms with van der Waals surface area (Å²) < 4.78 is 7.43. The summed E-state index contributed by atoms with van der Waals surface area (Å²) in [6.45, 7) is 2.38. The van der Waals surface area contributed by atoms with E-state index >= 15 is 0 Å². The van der Waals surface area contributed by atoms with Crippen LogP contribution in [-0.2, 0) is 6.54 Å². The summed E-state index contributed by atoms with van der Waals surface area (Å²) >= 11 is 5.89. The highest BCUT2D eigenvalue weighted by Gasteiger charge is 2.17. The largest absolute Gasteiger partial charge is 0.402 e. The Morgan fingerprint density at radius 2 is 2.36 bits per heavy atom. The van der Waals surface area contributed by atoms with Crippen LogP contribution in [0.3, 0.4) is 0 Å². The summed E-state index contributed by atoms with van der Waals surface area (Å²) in [6.07, 6.45) is 5.27. The molecule has 0 aliphatic carbocycles. The molecule has 0 N–H and O–H groups in total. The predicted octanol–water partition coefficient (Wildman–Crippen LogP) is 2.32. The first kappa shape index (κ1) is 9.11. The van der Waals surface area contributed by atoms with Crippen LogP contribution >= 0.6 is 11.6 Å². The van der Waals surface area contributed by atoms with Gasteiger partial charge >= 0.3 is 5.89 Å². The van der Waals surface area contributed by atoms with E-state index in [1.54, 1.807) is 6.07 Å². The minimum absolute atomic E-state index is 0.499. The molecule has 0 atom stereocenters. The average molecular weight is 207 g/mol. The third-order valence-electron chi connectivity index (χ3n) is 2.10. The van der Waals surface area contributed by atoms with Crippen LogP contribution in [0.5, 0.6) is 0 Å². The Morgan fingerprint density at radius 1 is 1.57 bits per heavy atom. The van der Waals surface area contributed by atoms with Gasteiger partial charge in [-0.15, -0.1) is 11.0 Å². The maximum absolute atomic E-state index is 5.89. The van der Waals surface area contributed by atoms with Gasteiger partial charge in [0.05, 0.1) is 6.92 Å². The molecular weight excluding hydrogens is 198 g/mol. The van der Waals surface area contributed by atoms with Crippen LogP contribution in [-0.4, -0.2) is 0 Å². The highest BCUT2D eigenvalue weighted by Crippen LogP contribution is 2.18. The summed E-state index contributed by atoms with van der Waals surface area (Å²) in [6, 6.07) is 5.50. The molecule has 0 spiro atoms. The van der Waals surface area contributed by atoms with E-state index < -0.39 is 0 Å². The molecule has 2 rings (SSSR count). The van der Waals surface area contributed by atoms with E-state index in [2.05, 4.69) is 5.92 Å². The monoisotopic (exact) mass is 206 g/mol. The topological polar surface area (TPSA) is 17.0 Å². The van der Waals surface area contributed by atoms with E-state index in [9.17, 15) is 0 Å². The van der Waals surface area contributed by atoms with Gasteiger partial charge in [-0.3, -0.25) is 0 Å². The molecule has 0 radical (unpaired) electrons. The molecule has 0 unspecified atom stereocenters. The van der Waals surface area contributed by atoms with Gasteiger partial charge in [0.25, 0.3) is 5.52 Å². The van der Waals surface area contributed by atoms with Gasteiger partial charge in [0.15, 0.2) is 0 Å². The first-order valence-electron chi connectivity index (χ1n) is 4.24. The van der Waals surface area contributed by atoms with Gasteiger partial charge in [-0.25, -0.2) is 0 Å². The Hall–Kier alpha value is -1.46. The summed E-state index contributed by atoms with van der Waals surface area (Å²) in [7, 11) is 0. The Labute approximate surface area is 87.1 Å². The second kappa shape index (κ2) is 3.36. The van der Waals surface area contributed by atoms with Crippen molar-refractivity contribution in [2.24, 2.45) is 0 Å². The predicted molar refractivity (Wildman–Crippen MR) is 55.0 cm³/mol. The molecular formula is C11H9ClNO+. The molecule has 2 nitrogen and oxygen atoms in total. The lowest BCUT2D eigenvalue weighted by Crippen LogP contribution is -2.34. The van der Waals surface area contributed by atoms with Crippen molar-refractivity contribution >= 4 is 22.7 Å². The summed E-state index contributed by atoms with van der Waals surface area (Å²) in [5, 5.41) is 0.684. The van der Waals surface area contributed by atoms with E-state index in [0.29, 0.717) is 11.6 Å². The van der Waals surface area contributed by atoms with Crippen LogP contribution in [0, 0.1) is 19.3 Å². The summed E-state index contributed by atoms with van der Waals surface area (Å²) in [4.78, 5) is 0. The fourth-order valence-electron chi connectivity index (χ4n) is 1.46. The molecule has 0 saturated heterocycles. The lowest BCUT2D eigenvalue weighted by Gasteiger charge is -1.88. The third-order valence-corrected chi connectivity index (χ3v) is 2.33. The van der Waals surface area contributed by atoms with Gasteiger partial charge in [0, 0.05) is 11.1 Å². The molecule has 0 bridgehead atoms. The molecule has 3 heteroatoms. The smallest absolute Gasteiger partial charge is 0.345 e. The van der Waals surface area contributed by atoms with Crippen molar-refractivity contribution in [2.75, 3.05) is 0 Å². The van der Waals surface area contributed by atoms with Gasteiger partial charge in [-0.2, -0.15) is 0 Å². The molecule has 1 heterocycles. The first-order chi connectivity index (χ1) is 6.72. The molecule has 0 aliphatic heterocycles. The van der Waals surface area contributed by atoms with Gasteiger partial charge in [0.1, 0.15) is 0 Å². The average Bonchev–Trinajstić information content (AvgIpc) is 2.45. The van der Waals surface area contributed by atoms with E-state index in [1.165, 1.54) is 0 Å². The quantitative estimate of drug-likeness (QED) is 0.517.